The molecule has 9 heteroatoms. The van der Waals surface area contributed by atoms with E-state index in [0.717, 1.165) is 6.61 Å². The Balaban J connectivity index is 0. The van der Waals surface area contributed by atoms with Crippen molar-refractivity contribution >= 4 is 21.0 Å². The molecule has 0 rings (SSSR count). The van der Waals surface area contributed by atoms with Crippen molar-refractivity contribution in [2.24, 2.45) is 0 Å². The number of halogens is 3. The summed E-state index contributed by atoms with van der Waals surface area (Å²) in [5.41, 5.74) is -5.65. The number of rotatable bonds is 5. The van der Waals surface area contributed by atoms with Crippen LogP contribution in [-0.2, 0) is 25.7 Å². The summed E-state index contributed by atoms with van der Waals surface area (Å²) in [7, 11) is -3.68. The van der Waals surface area contributed by atoms with E-state index < -0.39 is 15.6 Å². The Morgan fingerprint density at radius 2 is 1.59 bits per heavy atom. The van der Waals surface area contributed by atoms with Crippen LogP contribution in [0, 0.1) is 0 Å². The van der Waals surface area contributed by atoms with Gasteiger partial charge in [-0.2, -0.15) is 13.2 Å². The summed E-state index contributed by atoms with van der Waals surface area (Å²) in [6.45, 7) is 5.44. The average Bonchev–Trinajstić information content (AvgIpc) is 2.17. The molecule has 0 atom stereocenters. The van der Waals surface area contributed by atoms with Gasteiger partial charge in [0, 0.05) is 7.11 Å². The number of hydrogen-bond acceptors (Lipinski definition) is 4. The molecule has 0 aromatic carbocycles. The van der Waals surface area contributed by atoms with Gasteiger partial charge < -0.3 is 9.29 Å². The second-order valence-electron chi connectivity index (χ2n) is 2.79. The van der Waals surface area contributed by atoms with Crippen molar-refractivity contribution in [3.63, 3.8) is 0 Å². The second kappa shape index (κ2) is 9.01. The van der Waals surface area contributed by atoms with Gasteiger partial charge in [0.25, 0.3) is 0 Å². The summed E-state index contributed by atoms with van der Waals surface area (Å²) >= 11 is 0. The van der Waals surface area contributed by atoms with Gasteiger partial charge in [0.2, 0.25) is 0 Å². The zero-order valence-electron chi connectivity index (χ0n) is 9.91. The third-order valence-corrected chi connectivity index (χ3v) is 4.62. The van der Waals surface area contributed by atoms with Gasteiger partial charge in [-0.25, -0.2) is 8.42 Å². The Morgan fingerprint density at radius 1 is 1.24 bits per heavy atom. The Bertz CT molecular complexity index is 273. The zero-order valence-corrected chi connectivity index (χ0v) is 11.5. The normalized spacial score (nSPS) is 12.2. The molecule has 4 nitrogen and oxygen atoms in total. The van der Waals surface area contributed by atoms with E-state index in [4.69, 9.17) is 17.7 Å². The van der Waals surface area contributed by atoms with Crippen LogP contribution >= 0.6 is 0 Å². The lowest BCUT2D eigenvalue weighted by Gasteiger charge is -2.08. The lowest BCUT2D eigenvalue weighted by atomic mass is 10.9. The highest BCUT2D eigenvalue weighted by Gasteiger charge is 2.36. The SMILES string of the molecule is CC[S+](CC)CCOC.O=S(=O)([O-])C(F)(F)F. The topological polar surface area (TPSA) is 66.4 Å². The number of hydrogen-bond donors (Lipinski definition) is 0. The molecule has 0 amide bonds. The molecule has 0 spiro atoms. The van der Waals surface area contributed by atoms with E-state index in [2.05, 4.69) is 13.8 Å². The van der Waals surface area contributed by atoms with Gasteiger partial charge in [0.15, 0.2) is 10.1 Å². The molecule has 0 aliphatic carbocycles. The van der Waals surface area contributed by atoms with E-state index in [9.17, 15) is 13.2 Å². The fourth-order valence-electron chi connectivity index (χ4n) is 0.694. The average molecular weight is 298 g/mol. The molecule has 0 aliphatic rings. The Hall–Kier alpha value is 0.01000. The van der Waals surface area contributed by atoms with Crippen molar-refractivity contribution in [1.29, 1.82) is 0 Å². The molecule has 0 bridgehead atoms. The predicted molar refractivity (Wildman–Crippen MR) is 60.9 cm³/mol. The maximum Gasteiger partial charge on any atom is 0.485 e. The van der Waals surface area contributed by atoms with Crippen LogP contribution in [0.5, 0.6) is 0 Å². The molecule has 0 fully saturated rings. The molecule has 0 saturated heterocycles. The van der Waals surface area contributed by atoms with Crippen LogP contribution < -0.4 is 0 Å². The first-order valence-corrected chi connectivity index (χ1v) is 7.89. The Morgan fingerprint density at radius 3 is 1.76 bits per heavy atom. The first-order valence-electron chi connectivity index (χ1n) is 4.75. The summed E-state index contributed by atoms with van der Waals surface area (Å²) in [6.07, 6.45) is 0. The highest BCUT2D eigenvalue weighted by atomic mass is 32.2. The molecule has 17 heavy (non-hydrogen) atoms. The van der Waals surface area contributed by atoms with Crippen LogP contribution in [0.1, 0.15) is 13.8 Å². The van der Waals surface area contributed by atoms with E-state index in [-0.39, 0.29) is 0 Å². The predicted octanol–water partition coefficient (Wildman–Crippen LogP) is 1.34. The van der Waals surface area contributed by atoms with E-state index >= 15 is 0 Å². The standard InChI is InChI=1S/C7H17OS.CHF3O3S/c1-4-9(5-2)7-6-8-3;2-1(3,4)8(5,6)7/h4-7H2,1-3H3;(H,5,6,7)/q+1;/p-1. The van der Waals surface area contributed by atoms with Crippen LogP contribution in [0.4, 0.5) is 13.2 Å². The molecular formula is C8H17F3O4S2. The van der Waals surface area contributed by atoms with Crippen molar-refractivity contribution in [2.45, 2.75) is 19.4 Å². The van der Waals surface area contributed by atoms with E-state index in [1.807, 2.05) is 0 Å². The minimum atomic E-state index is -6.09. The van der Waals surface area contributed by atoms with Gasteiger partial charge in [-0.1, -0.05) is 0 Å². The van der Waals surface area contributed by atoms with Crippen molar-refractivity contribution in [3.8, 4) is 0 Å². The Kier molecular flexibility index (Phi) is 10.3. The van der Waals surface area contributed by atoms with Gasteiger partial charge >= 0.3 is 5.51 Å². The third kappa shape index (κ3) is 10.9. The molecule has 106 valence electrons. The van der Waals surface area contributed by atoms with Crippen LogP contribution in [0.2, 0.25) is 0 Å². The molecule has 0 aromatic heterocycles. The number of ether oxygens (including phenoxy) is 1. The maximum absolute atomic E-state index is 10.7. The second-order valence-corrected chi connectivity index (χ2v) is 6.95. The van der Waals surface area contributed by atoms with Gasteiger partial charge in [-0.15, -0.1) is 0 Å². The molecule has 0 N–H and O–H groups in total. The van der Waals surface area contributed by atoms with E-state index in [0.29, 0.717) is 10.9 Å². The van der Waals surface area contributed by atoms with Crippen molar-refractivity contribution < 1.29 is 30.9 Å². The first kappa shape index (κ1) is 19.4. The third-order valence-electron chi connectivity index (χ3n) is 1.68. The summed E-state index contributed by atoms with van der Waals surface area (Å²) in [5, 5.41) is 0. The fourth-order valence-corrected chi connectivity index (χ4v) is 2.08. The summed E-state index contributed by atoms with van der Waals surface area (Å²) in [4.78, 5) is 0. The van der Waals surface area contributed by atoms with Crippen LogP contribution in [0.25, 0.3) is 0 Å². The summed E-state index contributed by atoms with van der Waals surface area (Å²) < 4.78 is 63.9. The molecule has 0 saturated carbocycles. The first-order chi connectivity index (χ1) is 7.60. The van der Waals surface area contributed by atoms with E-state index in [1.54, 1.807) is 7.11 Å². The van der Waals surface area contributed by atoms with Crippen LogP contribution in [-0.4, -0.2) is 49.5 Å². The van der Waals surface area contributed by atoms with Crippen molar-refractivity contribution in [3.05, 3.63) is 0 Å². The van der Waals surface area contributed by atoms with Gasteiger partial charge in [-0.3, -0.25) is 0 Å². The minimum Gasteiger partial charge on any atom is -0.741 e. The van der Waals surface area contributed by atoms with Crippen LogP contribution in [0.3, 0.4) is 0 Å². The van der Waals surface area contributed by atoms with Gasteiger partial charge in [0.1, 0.15) is 17.3 Å². The highest BCUT2D eigenvalue weighted by Crippen LogP contribution is 2.20. The molecule has 0 radical (unpaired) electrons. The molecular weight excluding hydrogens is 281 g/mol. The number of methoxy groups -OCH3 is 1. The molecule has 0 heterocycles. The maximum atomic E-state index is 10.7. The van der Waals surface area contributed by atoms with Crippen molar-refractivity contribution in [2.75, 3.05) is 31.0 Å². The summed E-state index contributed by atoms with van der Waals surface area (Å²) in [5.74, 6) is 3.89. The lowest BCUT2D eigenvalue weighted by molar-refractivity contribution is -0.0517. The fraction of sp³-hybridized carbons (Fsp3) is 1.00. The Labute approximate surface area is 103 Å². The lowest BCUT2D eigenvalue weighted by Crippen LogP contribution is -2.21. The van der Waals surface area contributed by atoms with Gasteiger partial charge in [-0.05, 0) is 24.7 Å². The minimum absolute atomic E-state index is 0.637. The van der Waals surface area contributed by atoms with E-state index in [1.165, 1.54) is 17.3 Å². The molecule has 0 aromatic rings. The van der Waals surface area contributed by atoms with Crippen LogP contribution in [0.15, 0.2) is 0 Å². The summed E-state index contributed by atoms with van der Waals surface area (Å²) in [6, 6.07) is 0. The largest absolute Gasteiger partial charge is 0.741 e. The highest BCUT2D eigenvalue weighted by molar-refractivity contribution is 7.96. The zero-order chi connectivity index (χ0) is 14.1. The molecule has 0 aliphatic heterocycles. The molecule has 0 unspecified atom stereocenters. The van der Waals surface area contributed by atoms with Gasteiger partial charge in [0.05, 0.1) is 6.61 Å². The van der Waals surface area contributed by atoms with Crippen molar-refractivity contribution in [1.82, 2.24) is 0 Å². The monoisotopic (exact) mass is 298 g/mol. The number of alkyl halides is 3. The smallest absolute Gasteiger partial charge is 0.485 e. The quantitative estimate of drug-likeness (QED) is 0.436.